The summed E-state index contributed by atoms with van der Waals surface area (Å²) in [6.07, 6.45) is 3.47. The molecule has 1 saturated carbocycles. The first-order chi connectivity index (χ1) is 8.77. The summed E-state index contributed by atoms with van der Waals surface area (Å²) in [7, 11) is 0. The van der Waals surface area contributed by atoms with Gasteiger partial charge in [0.1, 0.15) is 0 Å². The Kier molecular flexibility index (Phi) is 5.35. The normalized spacial score (nSPS) is 29.8. The SMILES string of the molecule is CC(=O)NC(C)C(C)CCC1(C(=O)O)CCC(N)C1. The van der Waals surface area contributed by atoms with Crippen molar-refractivity contribution in [3.8, 4) is 0 Å². The van der Waals surface area contributed by atoms with Gasteiger partial charge in [0.2, 0.25) is 5.91 Å². The first kappa shape index (κ1) is 16.0. The minimum atomic E-state index is -0.722. The zero-order valence-electron chi connectivity index (χ0n) is 12.1. The van der Waals surface area contributed by atoms with Crippen LogP contribution in [0.15, 0.2) is 0 Å². The fourth-order valence-electron chi connectivity index (χ4n) is 2.91. The third kappa shape index (κ3) is 4.20. The van der Waals surface area contributed by atoms with Crippen LogP contribution >= 0.6 is 0 Å². The average Bonchev–Trinajstić information content (AvgIpc) is 2.68. The molecule has 4 atom stereocenters. The number of amides is 1. The number of carbonyl (C=O) groups excluding carboxylic acids is 1. The van der Waals surface area contributed by atoms with E-state index in [9.17, 15) is 14.7 Å². The molecule has 0 radical (unpaired) electrons. The molecule has 1 amide bonds. The molecule has 1 fully saturated rings. The first-order valence-electron chi connectivity index (χ1n) is 7.03. The number of carboxylic acids is 1. The predicted octanol–water partition coefficient (Wildman–Crippen LogP) is 1.51. The van der Waals surface area contributed by atoms with Gasteiger partial charge in [-0.3, -0.25) is 9.59 Å². The molecule has 0 heterocycles. The number of carbonyl (C=O) groups is 2. The molecule has 1 aliphatic rings. The monoisotopic (exact) mass is 270 g/mol. The van der Waals surface area contributed by atoms with Gasteiger partial charge in [-0.25, -0.2) is 0 Å². The van der Waals surface area contributed by atoms with Crippen LogP contribution < -0.4 is 11.1 Å². The van der Waals surface area contributed by atoms with Crippen LogP contribution in [0.2, 0.25) is 0 Å². The Morgan fingerprint density at radius 1 is 1.47 bits per heavy atom. The molecule has 110 valence electrons. The molecule has 0 aromatic rings. The lowest BCUT2D eigenvalue weighted by Crippen LogP contribution is -2.37. The van der Waals surface area contributed by atoms with Crippen molar-refractivity contribution < 1.29 is 14.7 Å². The molecule has 5 nitrogen and oxygen atoms in total. The van der Waals surface area contributed by atoms with Gasteiger partial charge in [0.25, 0.3) is 0 Å². The van der Waals surface area contributed by atoms with Crippen molar-refractivity contribution >= 4 is 11.9 Å². The smallest absolute Gasteiger partial charge is 0.309 e. The summed E-state index contributed by atoms with van der Waals surface area (Å²) in [5, 5.41) is 12.3. The summed E-state index contributed by atoms with van der Waals surface area (Å²) in [5.74, 6) is -0.507. The Bertz CT molecular complexity index is 346. The summed E-state index contributed by atoms with van der Waals surface area (Å²) in [6, 6.07) is 0.0811. The molecule has 0 saturated heterocycles. The van der Waals surface area contributed by atoms with Gasteiger partial charge in [0.15, 0.2) is 0 Å². The van der Waals surface area contributed by atoms with E-state index < -0.39 is 11.4 Å². The van der Waals surface area contributed by atoms with Crippen LogP contribution in [-0.2, 0) is 9.59 Å². The summed E-state index contributed by atoms with van der Waals surface area (Å²) in [6.45, 7) is 5.50. The van der Waals surface area contributed by atoms with Crippen LogP contribution in [0.3, 0.4) is 0 Å². The highest BCUT2D eigenvalue weighted by molar-refractivity contribution is 5.75. The molecule has 0 aliphatic heterocycles. The third-order valence-corrected chi connectivity index (χ3v) is 4.46. The lowest BCUT2D eigenvalue weighted by Gasteiger charge is -2.28. The maximum atomic E-state index is 11.5. The van der Waals surface area contributed by atoms with E-state index in [1.807, 2.05) is 13.8 Å². The number of rotatable bonds is 6. The van der Waals surface area contributed by atoms with Gasteiger partial charge >= 0.3 is 5.97 Å². The van der Waals surface area contributed by atoms with Gasteiger partial charge in [-0.15, -0.1) is 0 Å². The molecule has 0 aromatic carbocycles. The standard InChI is InChI=1S/C14H26N2O3/c1-9(10(2)16-11(3)17)4-6-14(13(18)19)7-5-12(15)8-14/h9-10,12H,4-8,15H2,1-3H3,(H,16,17)(H,18,19). The van der Waals surface area contributed by atoms with Crippen molar-refractivity contribution in [3.05, 3.63) is 0 Å². The fourth-order valence-corrected chi connectivity index (χ4v) is 2.91. The molecule has 4 N–H and O–H groups in total. The average molecular weight is 270 g/mol. The van der Waals surface area contributed by atoms with Crippen molar-refractivity contribution in [2.24, 2.45) is 17.1 Å². The molecule has 5 heteroatoms. The zero-order chi connectivity index (χ0) is 14.6. The number of nitrogens with one attached hydrogen (secondary N) is 1. The van der Waals surface area contributed by atoms with E-state index in [0.29, 0.717) is 19.3 Å². The van der Waals surface area contributed by atoms with Crippen LogP contribution in [0.4, 0.5) is 0 Å². The Morgan fingerprint density at radius 2 is 2.11 bits per heavy atom. The van der Waals surface area contributed by atoms with E-state index in [0.717, 1.165) is 12.8 Å². The molecule has 1 aliphatic carbocycles. The maximum Gasteiger partial charge on any atom is 0.309 e. The van der Waals surface area contributed by atoms with Gasteiger partial charge in [-0.2, -0.15) is 0 Å². The van der Waals surface area contributed by atoms with Crippen LogP contribution in [0.25, 0.3) is 0 Å². The Hall–Kier alpha value is -1.10. The van der Waals surface area contributed by atoms with Gasteiger partial charge in [0.05, 0.1) is 5.41 Å². The zero-order valence-corrected chi connectivity index (χ0v) is 12.1. The van der Waals surface area contributed by atoms with Crippen molar-refractivity contribution in [1.29, 1.82) is 0 Å². The van der Waals surface area contributed by atoms with Crippen molar-refractivity contribution in [2.75, 3.05) is 0 Å². The topological polar surface area (TPSA) is 92.4 Å². The first-order valence-corrected chi connectivity index (χ1v) is 7.03. The molecule has 0 aromatic heterocycles. The maximum absolute atomic E-state index is 11.5. The highest BCUT2D eigenvalue weighted by Crippen LogP contribution is 2.42. The molecular weight excluding hydrogens is 244 g/mol. The van der Waals surface area contributed by atoms with E-state index in [2.05, 4.69) is 5.32 Å². The number of hydrogen-bond donors (Lipinski definition) is 3. The van der Waals surface area contributed by atoms with E-state index in [1.165, 1.54) is 6.92 Å². The van der Waals surface area contributed by atoms with Gasteiger partial charge in [0, 0.05) is 19.0 Å². The lowest BCUT2D eigenvalue weighted by atomic mass is 9.78. The van der Waals surface area contributed by atoms with Crippen LogP contribution in [-0.4, -0.2) is 29.1 Å². The highest BCUT2D eigenvalue weighted by atomic mass is 16.4. The van der Waals surface area contributed by atoms with Crippen LogP contribution in [0.5, 0.6) is 0 Å². The van der Waals surface area contributed by atoms with Gasteiger partial charge in [-0.05, 0) is 44.9 Å². The Morgan fingerprint density at radius 3 is 2.53 bits per heavy atom. The number of carboxylic acid groups (broad SMARTS) is 1. The van der Waals surface area contributed by atoms with Crippen LogP contribution in [0, 0.1) is 11.3 Å². The van der Waals surface area contributed by atoms with E-state index >= 15 is 0 Å². The van der Waals surface area contributed by atoms with Crippen LogP contribution in [0.1, 0.15) is 52.9 Å². The van der Waals surface area contributed by atoms with Crippen molar-refractivity contribution in [2.45, 2.75) is 65.0 Å². The molecule has 19 heavy (non-hydrogen) atoms. The molecule has 0 spiro atoms. The number of nitrogens with two attached hydrogens (primary N) is 1. The second-order valence-corrected chi connectivity index (χ2v) is 6.09. The Labute approximate surface area is 114 Å². The van der Waals surface area contributed by atoms with Crippen molar-refractivity contribution in [1.82, 2.24) is 5.32 Å². The Balaban J connectivity index is 2.53. The van der Waals surface area contributed by atoms with E-state index in [-0.39, 0.29) is 23.9 Å². The summed E-state index contributed by atoms with van der Waals surface area (Å²) < 4.78 is 0. The molecule has 1 rings (SSSR count). The van der Waals surface area contributed by atoms with E-state index in [1.54, 1.807) is 0 Å². The van der Waals surface area contributed by atoms with Gasteiger partial charge in [-0.1, -0.05) is 6.92 Å². The highest BCUT2D eigenvalue weighted by Gasteiger charge is 2.44. The second kappa shape index (κ2) is 6.37. The molecule has 0 bridgehead atoms. The summed E-state index contributed by atoms with van der Waals surface area (Å²) in [4.78, 5) is 22.5. The third-order valence-electron chi connectivity index (χ3n) is 4.46. The molecule has 4 unspecified atom stereocenters. The van der Waals surface area contributed by atoms with Gasteiger partial charge < -0.3 is 16.2 Å². The number of hydrogen-bond acceptors (Lipinski definition) is 3. The lowest BCUT2D eigenvalue weighted by molar-refractivity contribution is -0.149. The van der Waals surface area contributed by atoms with E-state index in [4.69, 9.17) is 5.73 Å². The summed E-state index contributed by atoms with van der Waals surface area (Å²) >= 11 is 0. The molecular formula is C14H26N2O3. The second-order valence-electron chi connectivity index (χ2n) is 6.09. The predicted molar refractivity (Wildman–Crippen MR) is 73.6 cm³/mol. The summed E-state index contributed by atoms with van der Waals surface area (Å²) in [5.41, 5.74) is 5.21. The largest absolute Gasteiger partial charge is 0.481 e. The minimum Gasteiger partial charge on any atom is -0.481 e. The minimum absolute atomic E-state index is 0.0131. The number of aliphatic carboxylic acids is 1. The fraction of sp³-hybridized carbons (Fsp3) is 0.857. The quantitative estimate of drug-likeness (QED) is 0.682. The van der Waals surface area contributed by atoms with Crippen molar-refractivity contribution in [3.63, 3.8) is 0 Å².